The van der Waals surface area contributed by atoms with Gasteiger partial charge < -0.3 is 4.74 Å². The van der Waals surface area contributed by atoms with E-state index in [1.165, 1.54) is 0 Å². The first-order chi connectivity index (χ1) is 8.35. The van der Waals surface area contributed by atoms with Gasteiger partial charge in [0.15, 0.2) is 0 Å². The monoisotopic (exact) mass is 386 g/mol. The van der Waals surface area contributed by atoms with Crippen molar-refractivity contribution >= 4 is 45.5 Å². The maximum Gasteiger partial charge on any atom is 0.129 e. The summed E-state index contributed by atoms with van der Waals surface area (Å²) in [6.07, 6.45) is 0. The van der Waals surface area contributed by atoms with E-state index in [-0.39, 0.29) is 0 Å². The van der Waals surface area contributed by atoms with E-state index < -0.39 is 8.07 Å². The molecule has 1 aromatic rings. The summed E-state index contributed by atoms with van der Waals surface area (Å²) >= 11 is 6.92. The standard InChI is InChI=1S/C14H16Br2OSi/c1-17-13-8-6-5-7-11(13)12(14(15)16)9-10-18(2,3)4/h5-8H,1-4H3. The fourth-order valence-electron chi connectivity index (χ4n) is 1.32. The predicted molar refractivity (Wildman–Crippen MR) is 88.9 cm³/mol. The number of methoxy groups -OCH3 is 1. The van der Waals surface area contributed by atoms with E-state index in [9.17, 15) is 0 Å². The van der Waals surface area contributed by atoms with Gasteiger partial charge in [-0.25, -0.2) is 0 Å². The highest BCUT2D eigenvalue weighted by molar-refractivity contribution is 9.28. The van der Waals surface area contributed by atoms with E-state index in [1.54, 1.807) is 7.11 Å². The molecule has 96 valence electrons. The van der Waals surface area contributed by atoms with Gasteiger partial charge in [-0.05, 0) is 44.0 Å². The molecule has 0 aromatic heterocycles. The van der Waals surface area contributed by atoms with Gasteiger partial charge in [-0.15, -0.1) is 5.54 Å². The van der Waals surface area contributed by atoms with Gasteiger partial charge in [-0.3, -0.25) is 0 Å². The molecule has 0 atom stereocenters. The third-order valence-corrected chi connectivity index (χ3v) is 3.80. The van der Waals surface area contributed by atoms with Gasteiger partial charge in [0.2, 0.25) is 0 Å². The minimum atomic E-state index is -1.40. The van der Waals surface area contributed by atoms with Crippen LogP contribution in [0.25, 0.3) is 5.57 Å². The number of para-hydroxylation sites is 1. The first-order valence-corrected chi connectivity index (χ1v) is 10.7. The Morgan fingerprint density at radius 1 is 1.17 bits per heavy atom. The molecule has 18 heavy (non-hydrogen) atoms. The van der Waals surface area contributed by atoms with E-state index in [0.717, 1.165) is 20.3 Å². The van der Waals surface area contributed by atoms with Crippen LogP contribution in [0.15, 0.2) is 27.7 Å². The number of ether oxygens (including phenoxy) is 1. The molecule has 0 spiro atoms. The lowest BCUT2D eigenvalue weighted by molar-refractivity contribution is 0.413. The first kappa shape index (κ1) is 15.6. The Morgan fingerprint density at radius 3 is 2.28 bits per heavy atom. The van der Waals surface area contributed by atoms with Crippen LogP contribution in [0.2, 0.25) is 19.6 Å². The molecule has 0 heterocycles. The van der Waals surface area contributed by atoms with E-state index in [2.05, 4.69) is 63.0 Å². The highest BCUT2D eigenvalue weighted by atomic mass is 79.9. The lowest BCUT2D eigenvalue weighted by Gasteiger charge is -2.09. The fraction of sp³-hybridized carbons (Fsp3) is 0.286. The van der Waals surface area contributed by atoms with Gasteiger partial charge in [-0.1, -0.05) is 37.7 Å². The van der Waals surface area contributed by atoms with Crippen molar-refractivity contribution in [3.8, 4) is 17.2 Å². The molecule has 0 saturated heterocycles. The van der Waals surface area contributed by atoms with Crippen molar-refractivity contribution in [2.24, 2.45) is 0 Å². The summed E-state index contributed by atoms with van der Waals surface area (Å²) in [6.45, 7) is 6.67. The predicted octanol–water partition coefficient (Wildman–Crippen LogP) is 5.03. The zero-order valence-corrected chi connectivity index (χ0v) is 15.1. The normalized spacial score (nSPS) is 10.3. The van der Waals surface area contributed by atoms with Crippen molar-refractivity contribution in [1.29, 1.82) is 0 Å². The van der Waals surface area contributed by atoms with Crippen LogP contribution < -0.4 is 4.74 Å². The second-order valence-corrected chi connectivity index (χ2v) is 12.2. The smallest absolute Gasteiger partial charge is 0.129 e. The van der Waals surface area contributed by atoms with Gasteiger partial charge in [0.25, 0.3) is 0 Å². The van der Waals surface area contributed by atoms with Gasteiger partial charge in [0.1, 0.15) is 13.8 Å². The van der Waals surface area contributed by atoms with E-state index in [4.69, 9.17) is 4.74 Å². The summed E-state index contributed by atoms with van der Waals surface area (Å²) in [7, 11) is 0.267. The van der Waals surface area contributed by atoms with E-state index >= 15 is 0 Å². The molecule has 0 bridgehead atoms. The third-order valence-electron chi connectivity index (χ3n) is 2.13. The Kier molecular flexibility index (Phi) is 5.70. The Hall–Kier alpha value is -0.503. The van der Waals surface area contributed by atoms with Crippen LogP contribution in [-0.2, 0) is 0 Å². The van der Waals surface area contributed by atoms with Crippen LogP contribution in [0.4, 0.5) is 0 Å². The number of benzene rings is 1. The molecule has 1 nitrogen and oxygen atoms in total. The lowest BCUT2D eigenvalue weighted by Crippen LogP contribution is -2.16. The molecule has 0 aliphatic carbocycles. The topological polar surface area (TPSA) is 9.23 Å². The number of allylic oxidation sites excluding steroid dienone is 1. The fourth-order valence-corrected chi connectivity index (χ4v) is 2.44. The number of rotatable bonds is 2. The van der Waals surface area contributed by atoms with E-state index in [0.29, 0.717) is 0 Å². The largest absolute Gasteiger partial charge is 0.496 e. The average molecular weight is 388 g/mol. The van der Waals surface area contributed by atoms with Gasteiger partial charge in [0, 0.05) is 5.56 Å². The zero-order valence-electron chi connectivity index (χ0n) is 11.0. The molecule has 1 rings (SSSR count). The summed E-state index contributed by atoms with van der Waals surface area (Å²) in [6, 6.07) is 7.88. The van der Waals surface area contributed by atoms with Crippen molar-refractivity contribution in [3.05, 3.63) is 33.2 Å². The molecular weight excluding hydrogens is 372 g/mol. The Balaban J connectivity index is 3.31. The first-order valence-electron chi connectivity index (χ1n) is 5.57. The van der Waals surface area contributed by atoms with Gasteiger partial charge in [-0.2, -0.15) is 0 Å². The minimum Gasteiger partial charge on any atom is -0.496 e. The SMILES string of the molecule is COc1ccccc1C(C#C[Si](C)(C)C)=C(Br)Br. The van der Waals surface area contributed by atoms with Crippen molar-refractivity contribution in [3.63, 3.8) is 0 Å². The summed E-state index contributed by atoms with van der Waals surface area (Å²) in [4.78, 5) is 0. The number of hydrogen-bond donors (Lipinski definition) is 0. The minimum absolute atomic E-state index is 0.828. The third kappa shape index (κ3) is 4.64. The van der Waals surface area contributed by atoms with Crippen molar-refractivity contribution in [2.45, 2.75) is 19.6 Å². The Labute approximate surface area is 127 Å². The second kappa shape index (κ2) is 6.60. The Bertz CT molecular complexity index is 515. The van der Waals surface area contributed by atoms with Crippen LogP contribution in [0.5, 0.6) is 5.75 Å². The molecule has 0 aliphatic heterocycles. The van der Waals surface area contributed by atoms with E-state index in [1.807, 2.05) is 24.3 Å². The van der Waals surface area contributed by atoms with Crippen LogP contribution in [-0.4, -0.2) is 15.2 Å². The quantitative estimate of drug-likeness (QED) is 0.510. The molecule has 0 fully saturated rings. The second-order valence-electron chi connectivity index (χ2n) is 4.84. The molecule has 0 unspecified atom stereocenters. The molecule has 0 radical (unpaired) electrons. The molecule has 0 aliphatic rings. The van der Waals surface area contributed by atoms with Gasteiger partial charge in [0.05, 0.1) is 16.1 Å². The zero-order chi connectivity index (χ0) is 13.8. The van der Waals surface area contributed by atoms with Gasteiger partial charge >= 0.3 is 0 Å². The maximum atomic E-state index is 5.38. The molecule has 0 amide bonds. The molecular formula is C14H16Br2OSi. The van der Waals surface area contributed by atoms with Crippen molar-refractivity contribution < 1.29 is 4.74 Å². The molecule has 0 saturated carbocycles. The summed E-state index contributed by atoms with van der Waals surface area (Å²) in [5.41, 5.74) is 5.29. The molecule has 1 aromatic carbocycles. The maximum absolute atomic E-state index is 5.38. The summed E-state index contributed by atoms with van der Waals surface area (Å²) in [5.74, 6) is 4.10. The highest BCUT2D eigenvalue weighted by Gasteiger charge is 2.12. The number of hydrogen-bond acceptors (Lipinski definition) is 1. The number of halogens is 2. The van der Waals surface area contributed by atoms with Crippen LogP contribution in [0.3, 0.4) is 0 Å². The summed E-state index contributed by atoms with van der Waals surface area (Å²) < 4.78 is 6.23. The molecule has 4 heteroatoms. The van der Waals surface area contributed by atoms with Crippen molar-refractivity contribution in [1.82, 2.24) is 0 Å². The lowest BCUT2D eigenvalue weighted by atomic mass is 10.1. The van der Waals surface area contributed by atoms with Crippen LogP contribution in [0.1, 0.15) is 5.56 Å². The van der Waals surface area contributed by atoms with Crippen LogP contribution in [0, 0.1) is 11.5 Å². The molecule has 0 N–H and O–H groups in total. The summed E-state index contributed by atoms with van der Waals surface area (Å²) in [5, 5.41) is 0. The van der Waals surface area contributed by atoms with Crippen molar-refractivity contribution in [2.75, 3.05) is 7.11 Å². The van der Waals surface area contributed by atoms with Crippen LogP contribution >= 0.6 is 31.9 Å². The highest BCUT2D eigenvalue weighted by Crippen LogP contribution is 2.32. The Morgan fingerprint density at radius 2 is 1.78 bits per heavy atom. The average Bonchev–Trinajstić information content (AvgIpc) is 2.28.